The van der Waals surface area contributed by atoms with Crippen molar-refractivity contribution < 1.29 is 14.8 Å². The number of hydrogen-bond donors (Lipinski definition) is 2. The second kappa shape index (κ2) is 5.62. The normalized spacial score (nSPS) is 10.2. The van der Waals surface area contributed by atoms with Gasteiger partial charge < -0.3 is 10.4 Å². The number of rotatable bonds is 3. The molecule has 0 radical (unpaired) electrons. The minimum atomic E-state index is -0.578. The van der Waals surface area contributed by atoms with Crippen molar-refractivity contribution in [2.24, 2.45) is 0 Å². The molecule has 2 aromatic carbocycles. The number of aryl methyl sites for hydroxylation is 2. The van der Waals surface area contributed by atoms with Crippen LogP contribution in [0.15, 0.2) is 36.4 Å². The monoisotopic (exact) mass is 286 g/mol. The molecule has 1 amide bonds. The molecule has 0 aromatic heterocycles. The van der Waals surface area contributed by atoms with Crippen LogP contribution < -0.4 is 5.32 Å². The Hall–Kier alpha value is -2.89. The minimum Gasteiger partial charge on any atom is -0.508 e. The highest BCUT2D eigenvalue weighted by molar-refractivity contribution is 6.08. The number of anilines is 1. The van der Waals surface area contributed by atoms with Crippen LogP contribution in [0.3, 0.4) is 0 Å². The van der Waals surface area contributed by atoms with Crippen LogP contribution in [0, 0.1) is 24.0 Å². The third kappa shape index (κ3) is 3.00. The first-order chi connectivity index (χ1) is 9.90. The summed E-state index contributed by atoms with van der Waals surface area (Å²) in [5.41, 5.74) is 1.49. The fourth-order valence-corrected chi connectivity index (χ4v) is 2.07. The maximum atomic E-state index is 12.3. The molecular formula is C15H14N2O4. The second-order valence-electron chi connectivity index (χ2n) is 4.68. The number of phenols is 1. The molecule has 0 aliphatic rings. The Morgan fingerprint density at radius 3 is 2.52 bits per heavy atom. The molecule has 0 aliphatic carbocycles. The summed E-state index contributed by atoms with van der Waals surface area (Å²) in [7, 11) is 0. The van der Waals surface area contributed by atoms with Crippen LogP contribution in [-0.2, 0) is 0 Å². The summed E-state index contributed by atoms with van der Waals surface area (Å²) in [4.78, 5) is 22.8. The van der Waals surface area contributed by atoms with Gasteiger partial charge in [0.2, 0.25) is 0 Å². The first-order valence-corrected chi connectivity index (χ1v) is 6.25. The van der Waals surface area contributed by atoms with Gasteiger partial charge in [-0.2, -0.15) is 0 Å². The van der Waals surface area contributed by atoms with Gasteiger partial charge in [-0.1, -0.05) is 12.1 Å². The number of amides is 1. The Labute approximate surface area is 121 Å². The van der Waals surface area contributed by atoms with Crippen molar-refractivity contribution in [3.63, 3.8) is 0 Å². The molecule has 0 saturated heterocycles. The van der Waals surface area contributed by atoms with Gasteiger partial charge in [0.1, 0.15) is 11.3 Å². The molecular weight excluding hydrogens is 272 g/mol. The molecule has 2 aromatic rings. The van der Waals surface area contributed by atoms with E-state index in [1.165, 1.54) is 24.3 Å². The Balaban J connectivity index is 2.39. The first-order valence-electron chi connectivity index (χ1n) is 6.25. The SMILES string of the molecule is Cc1cc(O)ccc1NC(=O)c1c(C)cccc1[N+](=O)[O-]. The van der Waals surface area contributed by atoms with E-state index in [1.54, 1.807) is 26.0 Å². The quantitative estimate of drug-likeness (QED) is 0.515. The third-order valence-electron chi connectivity index (χ3n) is 3.13. The van der Waals surface area contributed by atoms with E-state index in [1.807, 2.05) is 0 Å². The highest BCUT2D eigenvalue weighted by atomic mass is 16.6. The predicted octanol–water partition coefficient (Wildman–Crippen LogP) is 3.17. The van der Waals surface area contributed by atoms with E-state index in [9.17, 15) is 20.0 Å². The average Bonchev–Trinajstić information content (AvgIpc) is 2.41. The molecule has 0 aliphatic heterocycles. The van der Waals surface area contributed by atoms with Crippen molar-refractivity contribution in [2.75, 3.05) is 5.32 Å². The molecule has 108 valence electrons. The van der Waals surface area contributed by atoms with Crippen LogP contribution in [0.25, 0.3) is 0 Å². The van der Waals surface area contributed by atoms with Crippen LogP contribution in [0.2, 0.25) is 0 Å². The third-order valence-corrected chi connectivity index (χ3v) is 3.13. The van der Waals surface area contributed by atoms with Crippen LogP contribution in [0.4, 0.5) is 11.4 Å². The maximum absolute atomic E-state index is 12.3. The van der Waals surface area contributed by atoms with Crippen LogP contribution in [0.5, 0.6) is 5.75 Å². The highest BCUT2D eigenvalue weighted by Gasteiger charge is 2.22. The van der Waals surface area contributed by atoms with Gasteiger partial charge >= 0.3 is 0 Å². The number of nitrogens with zero attached hydrogens (tertiary/aromatic N) is 1. The molecule has 6 heteroatoms. The van der Waals surface area contributed by atoms with Crippen LogP contribution >= 0.6 is 0 Å². The highest BCUT2D eigenvalue weighted by Crippen LogP contribution is 2.25. The zero-order valence-corrected chi connectivity index (χ0v) is 11.6. The number of phenolic OH excluding ortho intramolecular Hbond substituents is 1. The summed E-state index contributed by atoms with van der Waals surface area (Å²) < 4.78 is 0. The van der Waals surface area contributed by atoms with Gasteiger partial charge in [0.15, 0.2) is 0 Å². The maximum Gasteiger partial charge on any atom is 0.282 e. The molecule has 0 bridgehead atoms. The fraction of sp³-hybridized carbons (Fsp3) is 0.133. The zero-order chi connectivity index (χ0) is 15.6. The molecule has 0 atom stereocenters. The van der Waals surface area contributed by atoms with Gasteiger partial charge in [-0.25, -0.2) is 0 Å². The number of nitro groups is 1. The molecule has 0 fully saturated rings. The topological polar surface area (TPSA) is 92.5 Å². The summed E-state index contributed by atoms with van der Waals surface area (Å²) in [5, 5.41) is 23.0. The predicted molar refractivity (Wildman–Crippen MR) is 78.6 cm³/mol. The molecule has 0 heterocycles. The van der Waals surface area contributed by atoms with E-state index in [-0.39, 0.29) is 17.0 Å². The van der Waals surface area contributed by atoms with E-state index >= 15 is 0 Å². The summed E-state index contributed by atoms with van der Waals surface area (Å²) in [5.74, 6) is -0.457. The zero-order valence-electron chi connectivity index (χ0n) is 11.6. The lowest BCUT2D eigenvalue weighted by Gasteiger charge is -2.10. The van der Waals surface area contributed by atoms with E-state index < -0.39 is 10.8 Å². The van der Waals surface area contributed by atoms with Gasteiger partial charge in [0, 0.05) is 11.8 Å². The summed E-state index contributed by atoms with van der Waals surface area (Å²) in [6.07, 6.45) is 0. The van der Waals surface area contributed by atoms with Gasteiger partial charge in [-0.05, 0) is 43.2 Å². The van der Waals surface area contributed by atoms with Crippen LogP contribution in [-0.4, -0.2) is 15.9 Å². The number of carbonyl (C=O) groups excluding carboxylic acids is 1. The van der Waals surface area contributed by atoms with Crippen molar-refractivity contribution in [1.29, 1.82) is 0 Å². The number of aromatic hydroxyl groups is 1. The molecule has 0 saturated carbocycles. The number of hydrogen-bond acceptors (Lipinski definition) is 4. The number of nitrogens with one attached hydrogen (secondary N) is 1. The molecule has 0 spiro atoms. The fourth-order valence-electron chi connectivity index (χ4n) is 2.07. The Morgan fingerprint density at radius 2 is 1.90 bits per heavy atom. The summed E-state index contributed by atoms with van der Waals surface area (Å²) in [6, 6.07) is 8.97. The smallest absolute Gasteiger partial charge is 0.282 e. The minimum absolute atomic E-state index is 0.0370. The first kappa shape index (κ1) is 14.5. The Kier molecular flexibility index (Phi) is 3.89. The van der Waals surface area contributed by atoms with Crippen molar-refractivity contribution in [2.45, 2.75) is 13.8 Å². The number of benzene rings is 2. The Bertz CT molecular complexity index is 726. The van der Waals surface area contributed by atoms with Crippen molar-refractivity contribution in [1.82, 2.24) is 0 Å². The van der Waals surface area contributed by atoms with Crippen molar-refractivity contribution in [3.05, 3.63) is 63.2 Å². The lowest BCUT2D eigenvalue weighted by Crippen LogP contribution is -2.16. The van der Waals surface area contributed by atoms with Crippen molar-refractivity contribution >= 4 is 17.3 Å². The van der Waals surface area contributed by atoms with E-state index in [0.29, 0.717) is 16.8 Å². The molecule has 21 heavy (non-hydrogen) atoms. The van der Waals surface area contributed by atoms with E-state index in [2.05, 4.69) is 5.32 Å². The summed E-state index contributed by atoms with van der Waals surface area (Å²) >= 11 is 0. The molecule has 0 unspecified atom stereocenters. The second-order valence-corrected chi connectivity index (χ2v) is 4.68. The van der Waals surface area contributed by atoms with E-state index in [4.69, 9.17) is 0 Å². The van der Waals surface area contributed by atoms with Crippen LogP contribution in [0.1, 0.15) is 21.5 Å². The van der Waals surface area contributed by atoms with E-state index in [0.717, 1.165) is 0 Å². The van der Waals surface area contributed by atoms with Gasteiger partial charge in [0.25, 0.3) is 11.6 Å². The molecule has 2 N–H and O–H groups in total. The average molecular weight is 286 g/mol. The lowest BCUT2D eigenvalue weighted by molar-refractivity contribution is -0.385. The molecule has 6 nitrogen and oxygen atoms in total. The number of nitro benzene ring substituents is 1. The largest absolute Gasteiger partial charge is 0.508 e. The standard InChI is InChI=1S/C15H14N2O4/c1-9-4-3-5-13(17(20)21)14(9)15(19)16-12-7-6-11(18)8-10(12)2/h3-8,18H,1-2H3,(H,16,19). The lowest BCUT2D eigenvalue weighted by atomic mass is 10.1. The summed E-state index contributed by atoms with van der Waals surface area (Å²) in [6.45, 7) is 3.37. The Morgan fingerprint density at radius 1 is 1.19 bits per heavy atom. The van der Waals surface area contributed by atoms with Gasteiger partial charge in [-0.15, -0.1) is 0 Å². The number of carbonyl (C=O) groups is 1. The van der Waals surface area contributed by atoms with Gasteiger partial charge in [0.05, 0.1) is 4.92 Å². The van der Waals surface area contributed by atoms with Gasteiger partial charge in [-0.3, -0.25) is 14.9 Å². The van der Waals surface area contributed by atoms with Crippen molar-refractivity contribution in [3.8, 4) is 5.75 Å². The molecule has 2 rings (SSSR count).